The van der Waals surface area contributed by atoms with E-state index in [1.54, 1.807) is 27.3 Å². The molecule has 0 fully saturated rings. The highest BCUT2D eigenvalue weighted by atomic mass is 35.5. The largest absolute Gasteiger partial charge is 0.497 e. The number of sulfone groups is 1. The second kappa shape index (κ2) is 11.3. The zero-order chi connectivity index (χ0) is 24.9. The number of halogens is 2. The van der Waals surface area contributed by atoms with E-state index in [2.05, 4.69) is 4.98 Å². The number of hydrogen-bond acceptors (Lipinski definition) is 6. The van der Waals surface area contributed by atoms with Crippen LogP contribution >= 0.6 is 23.2 Å². The predicted molar refractivity (Wildman–Crippen MR) is 134 cm³/mol. The fourth-order valence-corrected chi connectivity index (χ4v) is 4.62. The van der Waals surface area contributed by atoms with Gasteiger partial charge < -0.3 is 14.0 Å². The number of unbranched alkanes of at least 4 members (excludes halogenated alkanes) is 1. The number of methoxy groups -OCH3 is 1. The minimum Gasteiger partial charge on any atom is -0.497 e. The van der Waals surface area contributed by atoms with E-state index >= 15 is 0 Å². The van der Waals surface area contributed by atoms with Gasteiger partial charge in [-0.2, -0.15) is 0 Å². The first-order valence-corrected chi connectivity index (χ1v) is 13.1. The average molecular weight is 525 g/mol. The summed E-state index contributed by atoms with van der Waals surface area (Å²) in [7, 11) is -0.279. The van der Waals surface area contributed by atoms with E-state index in [1.807, 2.05) is 18.2 Å². The molecule has 0 bridgehead atoms. The minimum atomic E-state index is -3.49. The summed E-state index contributed by atoms with van der Waals surface area (Å²) in [5.41, 5.74) is 1.60. The normalized spacial score (nSPS) is 11.4. The molecule has 0 amide bonds. The van der Waals surface area contributed by atoms with Crippen LogP contribution in [0.25, 0.3) is 11.1 Å². The van der Waals surface area contributed by atoms with Gasteiger partial charge in [0.1, 0.15) is 16.7 Å². The highest BCUT2D eigenvalue weighted by Crippen LogP contribution is 2.34. The van der Waals surface area contributed by atoms with Crippen molar-refractivity contribution in [2.75, 3.05) is 19.5 Å². The number of rotatable bonds is 10. The molecule has 0 spiro atoms. The van der Waals surface area contributed by atoms with Crippen molar-refractivity contribution in [2.24, 2.45) is 7.05 Å². The lowest BCUT2D eigenvalue weighted by Gasteiger charge is -2.14. The maximum absolute atomic E-state index is 12.3. The number of hydrogen-bond donors (Lipinski definition) is 0. The molecule has 7 nitrogen and oxygen atoms in total. The molecule has 0 aliphatic heterocycles. The van der Waals surface area contributed by atoms with Crippen molar-refractivity contribution in [1.29, 1.82) is 0 Å². The van der Waals surface area contributed by atoms with Crippen LogP contribution in [0.3, 0.4) is 0 Å². The first kappa shape index (κ1) is 26.1. The fourth-order valence-electron chi connectivity index (χ4n) is 3.36. The third-order valence-corrected chi connectivity index (χ3v) is 7.76. The lowest BCUT2D eigenvalue weighted by atomic mass is 10.1. The molecule has 0 saturated carbocycles. The van der Waals surface area contributed by atoms with E-state index in [4.69, 9.17) is 32.7 Å². The van der Waals surface area contributed by atoms with Gasteiger partial charge in [0.25, 0.3) is 5.56 Å². The Morgan fingerprint density at radius 3 is 2.56 bits per heavy atom. The number of ether oxygens (including phenoxy) is 2. The first-order chi connectivity index (χ1) is 16.2. The van der Waals surface area contributed by atoms with Crippen LogP contribution in [0, 0.1) is 0 Å². The molecule has 0 unspecified atom stereocenters. The Morgan fingerprint density at radius 2 is 1.85 bits per heavy atom. The van der Waals surface area contributed by atoms with Gasteiger partial charge in [-0.3, -0.25) is 4.79 Å². The van der Waals surface area contributed by atoms with Crippen molar-refractivity contribution >= 4 is 33.0 Å². The van der Waals surface area contributed by atoms with Gasteiger partial charge in [-0.15, -0.1) is 0 Å². The fraction of sp³-hybridized carbons (Fsp3) is 0.333. The summed E-state index contributed by atoms with van der Waals surface area (Å²) < 4.78 is 37.2. The molecule has 0 radical (unpaired) electrons. The van der Waals surface area contributed by atoms with Crippen molar-refractivity contribution in [3.8, 4) is 22.6 Å². The molecule has 34 heavy (non-hydrogen) atoms. The Kier molecular flexibility index (Phi) is 8.62. The molecule has 0 atom stereocenters. The molecular weight excluding hydrogens is 499 g/mol. The summed E-state index contributed by atoms with van der Waals surface area (Å²) in [6.07, 6.45) is 5.06. The smallest absolute Gasteiger partial charge is 0.254 e. The minimum absolute atomic E-state index is 0.0596. The lowest BCUT2D eigenvalue weighted by molar-refractivity contribution is 0.307. The summed E-state index contributed by atoms with van der Waals surface area (Å²) in [5.74, 6) is 0.999. The third kappa shape index (κ3) is 6.11. The van der Waals surface area contributed by atoms with E-state index in [1.165, 1.54) is 22.9 Å². The van der Waals surface area contributed by atoms with E-state index in [9.17, 15) is 13.2 Å². The second-order valence-corrected chi connectivity index (χ2v) is 10.7. The Morgan fingerprint density at radius 1 is 1.09 bits per heavy atom. The van der Waals surface area contributed by atoms with Crippen LogP contribution in [-0.4, -0.2) is 37.4 Å². The second-order valence-electron chi connectivity index (χ2n) is 7.68. The lowest BCUT2D eigenvalue weighted by Crippen LogP contribution is -2.16. The van der Waals surface area contributed by atoms with Gasteiger partial charge in [0.2, 0.25) is 0 Å². The quantitative estimate of drug-likeness (QED) is 0.275. The molecule has 3 rings (SSSR count). The molecule has 0 aliphatic rings. The SMILES string of the molecule is CCS(=O)(=O)c1cnc(Cl)c(-c2cn(C)c(=O)cc2OCCCCc2cc(OC)ccc2Cl)c1. The van der Waals surface area contributed by atoms with Gasteiger partial charge >= 0.3 is 0 Å². The number of pyridine rings is 2. The highest BCUT2D eigenvalue weighted by molar-refractivity contribution is 7.91. The molecule has 182 valence electrons. The molecule has 0 aliphatic carbocycles. The van der Waals surface area contributed by atoms with E-state index in [-0.39, 0.29) is 21.4 Å². The molecule has 0 saturated heterocycles. The van der Waals surface area contributed by atoms with Crippen LogP contribution in [0.15, 0.2) is 52.4 Å². The van der Waals surface area contributed by atoms with Crippen molar-refractivity contribution < 1.29 is 17.9 Å². The van der Waals surface area contributed by atoms with E-state index in [0.717, 1.165) is 24.2 Å². The standard InChI is InChI=1S/C24H26Cl2N2O5S/c1-4-34(30,31)18-12-19(24(26)27-14-18)20-15-28(2)23(29)13-22(20)33-10-6-5-7-16-11-17(32-3)8-9-21(16)25/h8-9,11-15H,4-7,10H2,1-3H3. The summed E-state index contributed by atoms with van der Waals surface area (Å²) >= 11 is 12.6. The number of aromatic nitrogens is 2. The van der Waals surface area contributed by atoms with Crippen LogP contribution in [0.4, 0.5) is 0 Å². The Balaban J connectivity index is 1.79. The van der Waals surface area contributed by atoms with E-state index < -0.39 is 9.84 Å². The molecule has 2 aromatic heterocycles. The summed E-state index contributed by atoms with van der Waals surface area (Å²) in [6, 6.07) is 8.36. The van der Waals surface area contributed by atoms with Gasteiger partial charge in [0, 0.05) is 41.7 Å². The molecule has 1 aromatic carbocycles. The summed E-state index contributed by atoms with van der Waals surface area (Å²) in [4.78, 5) is 16.4. The average Bonchev–Trinajstić information content (AvgIpc) is 2.82. The topological polar surface area (TPSA) is 87.5 Å². The van der Waals surface area contributed by atoms with Gasteiger partial charge in [-0.1, -0.05) is 30.1 Å². The monoisotopic (exact) mass is 524 g/mol. The zero-order valence-corrected chi connectivity index (χ0v) is 21.5. The van der Waals surface area contributed by atoms with Crippen LogP contribution in [0.2, 0.25) is 10.2 Å². The Hall–Kier alpha value is -2.55. The van der Waals surface area contributed by atoms with Crippen molar-refractivity contribution in [3.63, 3.8) is 0 Å². The van der Waals surface area contributed by atoms with Crippen LogP contribution in [0.1, 0.15) is 25.3 Å². The summed E-state index contributed by atoms with van der Waals surface area (Å²) in [6.45, 7) is 1.91. The van der Waals surface area contributed by atoms with Gasteiger partial charge in [-0.05, 0) is 49.1 Å². The molecular formula is C24H26Cl2N2O5S. The van der Waals surface area contributed by atoms with Crippen LogP contribution < -0.4 is 15.0 Å². The van der Waals surface area contributed by atoms with Crippen molar-refractivity contribution in [1.82, 2.24) is 9.55 Å². The molecule has 2 heterocycles. The van der Waals surface area contributed by atoms with E-state index in [0.29, 0.717) is 34.9 Å². The van der Waals surface area contributed by atoms with Gasteiger partial charge in [-0.25, -0.2) is 13.4 Å². The maximum atomic E-state index is 12.3. The number of nitrogens with zero attached hydrogens (tertiary/aromatic N) is 2. The first-order valence-electron chi connectivity index (χ1n) is 10.7. The van der Waals surface area contributed by atoms with Crippen LogP contribution in [-0.2, 0) is 23.3 Å². The van der Waals surface area contributed by atoms with Crippen molar-refractivity contribution in [2.45, 2.75) is 31.1 Å². The molecule has 10 heteroatoms. The Bertz CT molecular complexity index is 1340. The maximum Gasteiger partial charge on any atom is 0.254 e. The van der Waals surface area contributed by atoms with Crippen LogP contribution in [0.5, 0.6) is 11.5 Å². The summed E-state index contributed by atoms with van der Waals surface area (Å²) in [5, 5.41) is 0.797. The van der Waals surface area contributed by atoms with Crippen molar-refractivity contribution in [3.05, 3.63) is 68.8 Å². The van der Waals surface area contributed by atoms with Gasteiger partial charge in [0.15, 0.2) is 9.84 Å². The predicted octanol–water partition coefficient (Wildman–Crippen LogP) is 4.96. The molecule has 3 aromatic rings. The third-order valence-electron chi connectivity index (χ3n) is 5.38. The highest BCUT2D eigenvalue weighted by Gasteiger charge is 2.19. The number of aryl methyl sites for hydroxylation is 2. The zero-order valence-electron chi connectivity index (χ0n) is 19.2. The number of benzene rings is 1. The Labute approximate surface area is 209 Å². The molecule has 0 N–H and O–H groups in total. The van der Waals surface area contributed by atoms with Gasteiger partial charge in [0.05, 0.1) is 24.4 Å².